The van der Waals surface area contributed by atoms with Gasteiger partial charge in [0.05, 0.1) is 25.0 Å². The number of benzene rings is 3. The van der Waals surface area contributed by atoms with Gasteiger partial charge in [-0.2, -0.15) is 0 Å². The first-order valence-corrected chi connectivity index (χ1v) is 12.2. The zero-order valence-corrected chi connectivity index (χ0v) is 19.4. The molecule has 0 fully saturated rings. The lowest BCUT2D eigenvalue weighted by atomic mass is 10.1. The van der Waals surface area contributed by atoms with Crippen molar-refractivity contribution in [2.45, 2.75) is 20.4 Å². The summed E-state index contributed by atoms with van der Waals surface area (Å²) >= 11 is 0. The van der Waals surface area contributed by atoms with Crippen LogP contribution < -0.4 is 14.4 Å². The monoisotopic (exact) mass is 452 g/mol. The van der Waals surface area contributed by atoms with Crippen molar-refractivity contribution in [1.82, 2.24) is 5.32 Å². The summed E-state index contributed by atoms with van der Waals surface area (Å²) in [5.41, 5.74) is 4.06. The van der Waals surface area contributed by atoms with E-state index in [9.17, 15) is 13.2 Å². The van der Waals surface area contributed by atoms with E-state index < -0.39 is 10.0 Å². The van der Waals surface area contributed by atoms with Crippen LogP contribution in [0.25, 0.3) is 0 Å². The normalized spacial score (nSPS) is 11.1. The Morgan fingerprint density at radius 2 is 1.66 bits per heavy atom. The first-order chi connectivity index (χ1) is 15.2. The van der Waals surface area contributed by atoms with Gasteiger partial charge in [-0.3, -0.25) is 9.10 Å². The maximum absolute atomic E-state index is 12.4. The van der Waals surface area contributed by atoms with Crippen molar-refractivity contribution in [2.24, 2.45) is 0 Å². The molecule has 168 valence electrons. The number of carbonyl (C=O) groups is 1. The van der Waals surface area contributed by atoms with E-state index in [1.54, 1.807) is 48.5 Å². The number of sulfonamides is 1. The molecule has 1 N–H and O–H groups in total. The molecule has 0 saturated carbocycles. The van der Waals surface area contributed by atoms with Gasteiger partial charge in [-0.05, 0) is 60.9 Å². The smallest absolute Gasteiger partial charge is 0.251 e. The predicted octanol–water partition coefficient (Wildman–Crippen LogP) is 4.08. The van der Waals surface area contributed by atoms with E-state index in [1.165, 1.54) is 10.6 Å². The second-order valence-electron chi connectivity index (χ2n) is 7.68. The lowest BCUT2D eigenvalue weighted by Gasteiger charge is -2.22. The van der Waals surface area contributed by atoms with Gasteiger partial charge in [-0.15, -0.1) is 0 Å². The van der Waals surface area contributed by atoms with E-state index in [1.807, 2.05) is 38.1 Å². The van der Waals surface area contributed by atoms with Crippen LogP contribution in [-0.2, 0) is 16.6 Å². The molecule has 3 aromatic rings. The largest absolute Gasteiger partial charge is 0.491 e. The Kier molecular flexibility index (Phi) is 7.53. The van der Waals surface area contributed by atoms with Gasteiger partial charge < -0.3 is 10.1 Å². The fourth-order valence-electron chi connectivity index (χ4n) is 3.21. The number of rotatable bonds is 9. The lowest BCUT2D eigenvalue weighted by Crippen LogP contribution is -2.29. The first-order valence-electron chi connectivity index (χ1n) is 10.3. The van der Waals surface area contributed by atoms with Crippen LogP contribution in [0.4, 0.5) is 5.69 Å². The molecule has 0 aliphatic carbocycles. The van der Waals surface area contributed by atoms with E-state index in [0.29, 0.717) is 24.4 Å². The summed E-state index contributed by atoms with van der Waals surface area (Å²) in [5, 5.41) is 2.84. The molecule has 0 aliphatic rings. The molecule has 32 heavy (non-hydrogen) atoms. The number of para-hydroxylation sites is 1. The molecule has 0 aromatic heterocycles. The van der Waals surface area contributed by atoms with Crippen LogP contribution in [0.15, 0.2) is 72.8 Å². The second kappa shape index (κ2) is 10.3. The number of hydrogen-bond acceptors (Lipinski definition) is 4. The molecular weight excluding hydrogens is 424 g/mol. The standard InChI is InChI=1S/C25H28N2O4S/c1-19-9-10-20(2)24(17-19)31-16-15-26-25(28)22-13-11-21(12-14-22)18-27(32(3,29)30)23-7-5-4-6-8-23/h4-14,17H,15-16,18H2,1-3H3,(H,26,28). The van der Waals surface area contributed by atoms with Crippen molar-refractivity contribution in [3.8, 4) is 5.75 Å². The summed E-state index contributed by atoms with van der Waals surface area (Å²) in [7, 11) is -3.45. The Bertz CT molecular complexity index is 1160. The van der Waals surface area contributed by atoms with Gasteiger partial charge in [0.1, 0.15) is 12.4 Å². The van der Waals surface area contributed by atoms with E-state index in [-0.39, 0.29) is 12.5 Å². The zero-order valence-electron chi connectivity index (χ0n) is 18.5. The third-order valence-corrected chi connectivity index (χ3v) is 6.12. The van der Waals surface area contributed by atoms with Crippen molar-refractivity contribution in [1.29, 1.82) is 0 Å². The number of ether oxygens (including phenoxy) is 1. The minimum absolute atomic E-state index is 0.189. The average Bonchev–Trinajstić information content (AvgIpc) is 2.77. The van der Waals surface area contributed by atoms with Crippen molar-refractivity contribution in [2.75, 3.05) is 23.7 Å². The quantitative estimate of drug-likeness (QED) is 0.497. The summed E-state index contributed by atoms with van der Waals surface area (Å²) in [4.78, 5) is 12.4. The zero-order chi connectivity index (χ0) is 23.1. The maximum Gasteiger partial charge on any atom is 0.251 e. The highest BCUT2D eigenvalue weighted by Gasteiger charge is 2.17. The topological polar surface area (TPSA) is 75.7 Å². The van der Waals surface area contributed by atoms with Gasteiger partial charge in [-0.25, -0.2) is 8.42 Å². The van der Waals surface area contributed by atoms with Gasteiger partial charge in [0.15, 0.2) is 0 Å². The number of carbonyl (C=O) groups excluding carboxylic acids is 1. The summed E-state index contributed by atoms with van der Waals surface area (Å²) in [5.74, 6) is 0.613. The van der Waals surface area contributed by atoms with Gasteiger partial charge in [0.25, 0.3) is 5.91 Å². The summed E-state index contributed by atoms with van der Waals surface area (Å²) < 4.78 is 31.6. The van der Waals surface area contributed by atoms with Crippen LogP contribution in [-0.4, -0.2) is 33.7 Å². The van der Waals surface area contributed by atoms with Crippen LogP contribution in [0.3, 0.4) is 0 Å². The Morgan fingerprint density at radius 3 is 2.31 bits per heavy atom. The summed E-state index contributed by atoms with van der Waals surface area (Å²) in [6.45, 7) is 4.93. The molecule has 0 radical (unpaired) electrons. The van der Waals surface area contributed by atoms with Crippen LogP contribution in [0.2, 0.25) is 0 Å². The average molecular weight is 453 g/mol. The highest BCUT2D eigenvalue weighted by Crippen LogP contribution is 2.21. The minimum atomic E-state index is -3.45. The Morgan fingerprint density at radius 1 is 0.969 bits per heavy atom. The summed E-state index contributed by atoms with van der Waals surface area (Å²) in [6.07, 6.45) is 1.18. The first kappa shape index (κ1) is 23.3. The molecule has 0 heterocycles. The maximum atomic E-state index is 12.4. The minimum Gasteiger partial charge on any atom is -0.491 e. The summed E-state index contributed by atoms with van der Waals surface area (Å²) in [6, 6.07) is 21.9. The SMILES string of the molecule is Cc1ccc(C)c(OCCNC(=O)c2ccc(CN(c3ccccc3)S(C)(=O)=O)cc2)c1. The third kappa shape index (κ3) is 6.34. The predicted molar refractivity (Wildman–Crippen MR) is 128 cm³/mol. The van der Waals surface area contributed by atoms with Crippen LogP contribution in [0, 0.1) is 13.8 Å². The molecule has 3 rings (SSSR count). The number of anilines is 1. The number of nitrogens with zero attached hydrogens (tertiary/aromatic N) is 1. The van der Waals surface area contributed by atoms with E-state index >= 15 is 0 Å². The molecule has 6 nitrogen and oxygen atoms in total. The van der Waals surface area contributed by atoms with Crippen molar-refractivity contribution >= 4 is 21.6 Å². The molecule has 0 saturated heterocycles. The van der Waals surface area contributed by atoms with Crippen molar-refractivity contribution < 1.29 is 17.9 Å². The molecule has 0 spiro atoms. The van der Waals surface area contributed by atoms with Crippen LogP contribution in [0.5, 0.6) is 5.75 Å². The van der Waals surface area contributed by atoms with Gasteiger partial charge in [0, 0.05) is 5.56 Å². The number of amides is 1. The number of hydrogen-bond donors (Lipinski definition) is 1. The lowest BCUT2D eigenvalue weighted by molar-refractivity contribution is 0.0947. The molecule has 0 atom stereocenters. The Hall–Kier alpha value is -3.32. The van der Waals surface area contributed by atoms with Crippen LogP contribution >= 0.6 is 0 Å². The number of aryl methyl sites for hydroxylation is 2. The Labute approximate surface area is 189 Å². The van der Waals surface area contributed by atoms with E-state index in [2.05, 4.69) is 5.32 Å². The highest BCUT2D eigenvalue weighted by atomic mass is 32.2. The molecule has 0 aliphatic heterocycles. The van der Waals surface area contributed by atoms with Crippen molar-refractivity contribution in [3.63, 3.8) is 0 Å². The van der Waals surface area contributed by atoms with E-state index in [4.69, 9.17) is 4.74 Å². The van der Waals surface area contributed by atoms with Gasteiger partial charge >= 0.3 is 0 Å². The van der Waals surface area contributed by atoms with Gasteiger partial charge in [-0.1, -0.05) is 42.5 Å². The molecule has 1 amide bonds. The van der Waals surface area contributed by atoms with E-state index in [0.717, 1.165) is 22.4 Å². The molecule has 3 aromatic carbocycles. The molecular formula is C25H28N2O4S. The number of nitrogens with one attached hydrogen (secondary N) is 1. The van der Waals surface area contributed by atoms with Gasteiger partial charge in [0.2, 0.25) is 10.0 Å². The molecule has 0 unspecified atom stereocenters. The highest BCUT2D eigenvalue weighted by molar-refractivity contribution is 7.92. The fourth-order valence-corrected chi connectivity index (χ4v) is 4.10. The van der Waals surface area contributed by atoms with Crippen LogP contribution in [0.1, 0.15) is 27.0 Å². The second-order valence-corrected chi connectivity index (χ2v) is 9.58. The molecule has 0 bridgehead atoms. The molecule has 7 heteroatoms. The Balaban J connectivity index is 1.56. The third-order valence-electron chi connectivity index (χ3n) is 4.98. The fraction of sp³-hybridized carbons (Fsp3) is 0.240. The van der Waals surface area contributed by atoms with Crippen molar-refractivity contribution in [3.05, 3.63) is 95.1 Å².